The minimum absolute atomic E-state index is 0.124. The van der Waals surface area contributed by atoms with E-state index in [4.69, 9.17) is 0 Å². The summed E-state index contributed by atoms with van der Waals surface area (Å²) in [7, 11) is 0. The highest BCUT2D eigenvalue weighted by atomic mass is 19.2. The Hall–Kier alpha value is -2.83. The van der Waals surface area contributed by atoms with Crippen LogP contribution in [0.15, 0.2) is 36.4 Å². The zero-order chi connectivity index (χ0) is 20.3. The molecule has 3 aromatic rings. The Morgan fingerprint density at radius 3 is 2.61 bits per heavy atom. The van der Waals surface area contributed by atoms with Gasteiger partial charge in [0.15, 0.2) is 11.6 Å². The molecule has 0 aliphatic carbocycles. The Balaban J connectivity index is 1.99. The third-order valence-electron chi connectivity index (χ3n) is 4.53. The SMILES string of the molecule is CCCN(Cc1nc2ccc(F)cc2n1CCC)C(=O)c1cccc(F)c1F. The molecule has 0 saturated heterocycles. The summed E-state index contributed by atoms with van der Waals surface area (Å²) in [4.78, 5) is 18.9. The minimum atomic E-state index is -1.15. The molecule has 0 aliphatic rings. The standard InChI is InChI=1S/C21H22F3N3O/c1-3-10-26(21(28)15-6-5-7-16(23)20(15)24)13-19-25-17-9-8-14(22)12-18(17)27(19)11-4-2/h5-9,12H,3-4,10-11,13H2,1-2H3. The number of aryl methyl sites for hydroxylation is 1. The molecule has 0 bridgehead atoms. The van der Waals surface area contributed by atoms with Crippen molar-refractivity contribution < 1.29 is 18.0 Å². The van der Waals surface area contributed by atoms with E-state index in [9.17, 15) is 18.0 Å². The van der Waals surface area contributed by atoms with Crippen LogP contribution in [-0.2, 0) is 13.1 Å². The molecule has 1 heterocycles. The van der Waals surface area contributed by atoms with E-state index in [0.29, 0.717) is 36.4 Å². The first-order valence-corrected chi connectivity index (χ1v) is 9.34. The van der Waals surface area contributed by atoms with Crippen LogP contribution in [-0.4, -0.2) is 26.9 Å². The summed E-state index contributed by atoms with van der Waals surface area (Å²) < 4.78 is 43.2. The van der Waals surface area contributed by atoms with Crippen LogP contribution >= 0.6 is 0 Å². The number of fused-ring (bicyclic) bond motifs is 1. The van der Waals surface area contributed by atoms with Crippen LogP contribution in [0.25, 0.3) is 11.0 Å². The molecular weight excluding hydrogens is 367 g/mol. The van der Waals surface area contributed by atoms with Gasteiger partial charge < -0.3 is 9.47 Å². The number of carbonyl (C=O) groups excluding carboxylic acids is 1. The lowest BCUT2D eigenvalue weighted by molar-refractivity contribution is 0.0731. The average molecular weight is 389 g/mol. The van der Waals surface area contributed by atoms with Gasteiger partial charge in [-0.2, -0.15) is 0 Å². The molecule has 0 aliphatic heterocycles. The molecule has 4 nitrogen and oxygen atoms in total. The summed E-state index contributed by atoms with van der Waals surface area (Å²) in [6, 6.07) is 7.91. The van der Waals surface area contributed by atoms with Gasteiger partial charge in [-0.25, -0.2) is 18.2 Å². The van der Waals surface area contributed by atoms with E-state index in [0.717, 1.165) is 12.5 Å². The molecule has 1 aromatic heterocycles. The fourth-order valence-electron chi connectivity index (χ4n) is 3.27. The topological polar surface area (TPSA) is 38.1 Å². The maximum absolute atomic E-state index is 14.1. The molecule has 0 N–H and O–H groups in total. The van der Waals surface area contributed by atoms with Crippen LogP contribution in [0, 0.1) is 17.5 Å². The Labute approximate surface area is 161 Å². The van der Waals surface area contributed by atoms with Gasteiger partial charge >= 0.3 is 0 Å². The first-order valence-electron chi connectivity index (χ1n) is 9.34. The number of hydrogen-bond acceptors (Lipinski definition) is 2. The molecule has 2 aromatic carbocycles. The zero-order valence-electron chi connectivity index (χ0n) is 15.9. The Morgan fingerprint density at radius 2 is 1.89 bits per heavy atom. The van der Waals surface area contributed by atoms with Gasteiger partial charge in [-0.05, 0) is 43.2 Å². The van der Waals surface area contributed by atoms with Gasteiger partial charge in [0.25, 0.3) is 5.91 Å². The summed E-state index contributed by atoms with van der Waals surface area (Å²) in [6.07, 6.45) is 1.44. The number of hydrogen-bond donors (Lipinski definition) is 0. The fourth-order valence-corrected chi connectivity index (χ4v) is 3.27. The molecule has 0 spiro atoms. The molecular formula is C21H22F3N3O. The van der Waals surface area contributed by atoms with E-state index in [1.165, 1.54) is 29.2 Å². The van der Waals surface area contributed by atoms with Crippen molar-refractivity contribution in [3.63, 3.8) is 0 Å². The predicted octanol–water partition coefficient (Wildman–Crippen LogP) is 4.92. The van der Waals surface area contributed by atoms with E-state index in [1.54, 1.807) is 6.07 Å². The Bertz CT molecular complexity index is 1000. The largest absolute Gasteiger partial charge is 0.331 e. The molecule has 0 radical (unpaired) electrons. The number of halogens is 3. The smallest absolute Gasteiger partial charge is 0.257 e. The maximum atomic E-state index is 14.1. The third kappa shape index (κ3) is 3.88. The average Bonchev–Trinajstić information content (AvgIpc) is 3.00. The molecule has 0 atom stereocenters. The summed E-state index contributed by atoms with van der Waals surface area (Å²) in [5, 5.41) is 0. The van der Waals surface area contributed by atoms with Crippen molar-refractivity contribution in [2.24, 2.45) is 0 Å². The van der Waals surface area contributed by atoms with Crippen LogP contribution in [0.1, 0.15) is 42.9 Å². The van der Waals surface area contributed by atoms with Crippen molar-refractivity contribution in [3.05, 3.63) is 65.2 Å². The van der Waals surface area contributed by atoms with Gasteiger partial charge in [-0.15, -0.1) is 0 Å². The van der Waals surface area contributed by atoms with Crippen LogP contribution in [0.3, 0.4) is 0 Å². The number of amides is 1. The van der Waals surface area contributed by atoms with Crippen molar-refractivity contribution in [3.8, 4) is 0 Å². The van der Waals surface area contributed by atoms with Gasteiger partial charge in [-0.3, -0.25) is 4.79 Å². The van der Waals surface area contributed by atoms with Crippen molar-refractivity contribution in [2.45, 2.75) is 39.8 Å². The van der Waals surface area contributed by atoms with Crippen LogP contribution in [0.4, 0.5) is 13.2 Å². The highest BCUT2D eigenvalue weighted by Crippen LogP contribution is 2.21. The lowest BCUT2D eigenvalue weighted by atomic mass is 10.1. The van der Waals surface area contributed by atoms with Crippen LogP contribution < -0.4 is 0 Å². The maximum Gasteiger partial charge on any atom is 0.257 e. The van der Waals surface area contributed by atoms with Crippen molar-refractivity contribution in [2.75, 3.05) is 6.54 Å². The second-order valence-corrected chi connectivity index (χ2v) is 6.64. The number of imidazole rings is 1. The van der Waals surface area contributed by atoms with E-state index >= 15 is 0 Å². The van der Waals surface area contributed by atoms with Crippen molar-refractivity contribution in [1.29, 1.82) is 0 Å². The van der Waals surface area contributed by atoms with Gasteiger partial charge in [0.2, 0.25) is 0 Å². The van der Waals surface area contributed by atoms with Crippen LogP contribution in [0.5, 0.6) is 0 Å². The summed E-state index contributed by atoms with van der Waals surface area (Å²) in [6.45, 7) is 4.98. The minimum Gasteiger partial charge on any atom is -0.331 e. The molecule has 7 heteroatoms. The highest BCUT2D eigenvalue weighted by molar-refractivity contribution is 5.94. The van der Waals surface area contributed by atoms with Gasteiger partial charge in [-0.1, -0.05) is 19.9 Å². The summed E-state index contributed by atoms with van der Waals surface area (Å²) in [5.74, 6) is -2.59. The normalized spacial score (nSPS) is 11.2. The summed E-state index contributed by atoms with van der Waals surface area (Å²) >= 11 is 0. The molecule has 3 rings (SSSR count). The molecule has 0 unspecified atom stereocenters. The summed E-state index contributed by atoms with van der Waals surface area (Å²) in [5.41, 5.74) is 0.973. The van der Waals surface area contributed by atoms with Crippen molar-refractivity contribution in [1.82, 2.24) is 14.5 Å². The fraction of sp³-hybridized carbons (Fsp3) is 0.333. The van der Waals surface area contributed by atoms with Crippen molar-refractivity contribution >= 4 is 16.9 Å². The van der Waals surface area contributed by atoms with E-state index in [1.807, 2.05) is 18.4 Å². The molecule has 28 heavy (non-hydrogen) atoms. The first-order chi connectivity index (χ1) is 13.5. The quantitative estimate of drug-likeness (QED) is 0.576. The lowest BCUT2D eigenvalue weighted by Gasteiger charge is -2.23. The lowest BCUT2D eigenvalue weighted by Crippen LogP contribution is -2.33. The second-order valence-electron chi connectivity index (χ2n) is 6.64. The highest BCUT2D eigenvalue weighted by Gasteiger charge is 2.23. The van der Waals surface area contributed by atoms with E-state index in [2.05, 4.69) is 4.98 Å². The number of aromatic nitrogens is 2. The molecule has 0 saturated carbocycles. The molecule has 148 valence electrons. The van der Waals surface area contributed by atoms with Gasteiger partial charge in [0.1, 0.15) is 11.6 Å². The Morgan fingerprint density at radius 1 is 1.11 bits per heavy atom. The number of nitrogens with zero attached hydrogens (tertiary/aromatic N) is 3. The third-order valence-corrected chi connectivity index (χ3v) is 4.53. The molecule has 0 fully saturated rings. The number of benzene rings is 2. The second kappa shape index (κ2) is 8.46. The van der Waals surface area contributed by atoms with Gasteiger partial charge in [0.05, 0.1) is 23.1 Å². The zero-order valence-corrected chi connectivity index (χ0v) is 15.9. The number of carbonyl (C=O) groups is 1. The predicted molar refractivity (Wildman–Crippen MR) is 101 cm³/mol. The molecule has 1 amide bonds. The van der Waals surface area contributed by atoms with Crippen LogP contribution in [0.2, 0.25) is 0 Å². The van der Waals surface area contributed by atoms with Gasteiger partial charge in [0, 0.05) is 13.1 Å². The monoisotopic (exact) mass is 389 g/mol. The number of rotatable bonds is 7. The van der Waals surface area contributed by atoms with E-state index in [-0.39, 0.29) is 17.9 Å². The Kier molecular flexibility index (Phi) is 6.02. The van der Waals surface area contributed by atoms with E-state index < -0.39 is 17.5 Å². The first kappa shape index (κ1) is 19.9.